The van der Waals surface area contributed by atoms with Gasteiger partial charge in [-0.2, -0.15) is 0 Å². The molecule has 2 aromatic rings. The van der Waals surface area contributed by atoms with Crippen LogP contribution in [0.15, 0.2) is 48.5 Å². The molecule has 2 aromatic carbocycles. The highest BCUT2D eigenvalue weighted by Crippen LogP contribution is 2.31. The lowest BCUT2D eigenvalue weighted by atomic mass is 9.93. The summed E-state index contributed by atoms with van der Waals surface area (Å²) >= 11 is 0. The largest absolute Gasteiger partial charge is 0.485 e. The molecule has 1 fully saturated rings. The van der Waals surface area contributed by atoms with Crippen LogP contribution in [0.5, 0.6) is 17.2 Å². The maximum atomic E-state index is 12.4. The molecular formula is C21H20N2O6. The highest BCUT2D eigenvalue weighted by molar-refractivity contribution is 6.06. The molecule has 2 atom stereocenters. The van der Waals surface area contributed by atoms with Crippen LogP contribution in [0.4, 0.5) is 4.79 Å². The predicted molar refractivity (Wildman–Crippen MR) is 102 cm³/mol. The molecule has 8 nitrogen and oxygen atoms in total. The van der Waals surface area contributed by atoms with E-state index in [0.717, 1.165) is 5.56 Å². The molecule has 3 amide bonds. The van der Waals surface area contributed by atoms with E-state index < -0.39 is 23.6 Å². The van der Waals surface area contributed by atoms with E-state index in [1.54, 1.807) is 37.3 Å². The van der Waals surface area contributed by atoms with Gasteiger partial charge >= 0.3 is 12.0 Å². The number of esters is 1. The molecule has 0 spiro atoms. The van der Waals surface area contributed by atoms with E-state index in [1.165, 1.54) is 0 Å². The molecule has 0 aromatic heterocycles. The first-order chi connectivity index (χ1) is 13.9. The summed E-state index contributed by atoms with van der Waals surface area (Å²) in [7, 11) is 0. The molecule has 29 heavy (non-hydrogen) atoms. The lowest BCUT2D eigenvalue weighted by Gasteiger charge is -2.24. The number of para-hydroxylation sites is 2. The molecule has 2 heterocycles. The Kier molecular flexibility index (Phi) is 4.84. The molecule has 1 saturated heterocycles. The monoisotopic (exact) mass is 396 g/mol. The standard InChI is InChI=1S/C21H20N2O6/c1-21(19(25)22-20(26)23-21)11-10-13-6-8-14(9-7-13)28-18(24)17-12-27-15-4-2-3-5-16(15)29-17/h2-9,17H,10-12H2,1H3,(H2,22,23,25,26)/t17-,21+/m1/s1. The van der Waals surface area contributed by atoms with Gasteiger partial charge in [0.2, 0.25) is 6.10 Å². The van der Waals surface area contributed by atoms with Crippen LogP contribution in [0, 0.1) is 0 Å². The van der Waals surface area contributed by atoms with Crippen LogP contribution in [-0.2, 0) is 16.0 Å². The second-order valence-electron chi connectivity index (χ2n) is 7.17. The van der Waals surface area contributed by atoms with Crippen molar-refractivity contribution in [2.24, 2.45) is 0 Å². The third kappa shape index (κ3) is 4.01. The molecule has 0 bridgehead atoms. The maximum absolute atomic E-state index is 12.4. The Bertz CT molecular complexity index is 958. The van der Waals surface area contributed by atoms with Crippen molar-refractivity contribution in [3.63, 3.8) is 0 Å². The molecule has 2 N–H and O–H groups in total. The summed E-state index contributed by atoms with van der Waals surface area (Å²) in [6.07, 6.45) is 0.194. The van der Waals surface area contributed by atoms with Crippen LogP contribution in [-0.4, -0.2) is 36.2 Å². The number of fused-ring (bicyclic) bond motifs is 1. The van der Waals surface area contributed by atoms with Crippen molar-refractivity contribution in [2.75, 3.05) is 6.61 Å². The number of carbonyl (C=O) groups is 3. The number of nitrogens with one attached hydrogen (secondary N) is 2. The van der Waals surface area contributed by atoms with Crippen LogP contribution in [0.2, 0.25) is 0 Å². The van der Waals surface area contributed by atoms with Crippen LogP contribution < -0.4 is 24.8 Å². The molecular weight excluding hydrogens is 376 g/mol. The van der Waals surface area contributed by atoms with Crippen molar-refractivity contribution >= 4 is 17.9 Å². The molecule has 2 aliphatic heterocycles. The third-order valence-electron chi connectivity index (χ3n) is 4.94. The Balaban J connectivity index is 1.32. The fourth-order valence-electron chi connectivity index (χ4n) is 3.19. The first-order valence-corrected chi connectivity index (χ1v) is 9.26. The zero-order valence-corrected chi connectivity index (χ0v) is 15.8. The Labute approximate surface area is 167 Å². The number of rotatable bonds is 5. The summed E-state index contributed by atoms with van der Waals surface area (Å²) in [4.78, 5) is 35.5. The average Bonchev–Trinajstić information content (AvgIpc) is 2.98. The molecule has 0 unspecified atom stereocenters. The van der Waals surface area contributed by atoms with E-state index in [1.807, 2.05) is 18.2 Å². The minimum atomic E-state index is -0.920. The van der Waals surface area contributed by atoms with Gasteiger partial charge in [-0.15, -0.1) is 0 Å². The van der Waals surface area contributed by atoms with Crippen molar-refractivity contribution in [1.29, 1.82) is 0 Å². The van der Waals surface area contributed by atoms with Crippen molar-refractivity contribution < 1.29 is 28.6 Å². The lowest BCUT2D eigenvalue weighted by molar-refractivity contribution is -0.144. The Hall–Kier alpha value is -3.55. The smallest absolute Gasteiger partial charge is 0.356 e. The molecule has 150 valence electrons. The number of urea groups is 1. The number of aryl methyl sites for hydroxylation is 1. The zero-order chi connectivity index (χ0) is 20.4. The third-order valence-corrected chi connectivity index (χ3v) is 4.94. The fraction of sp³-hybridized carbons (Fsp3) is 0.286. The number of benzene rings is 2. The minimum absolute atomic E-state index is 0.0836. The van der Waals surface area contributed by atoms with Gasteiger partial charge in [-0.25, -0.2) is 9.59 Å². The summed E-state index contributed by atoms with van der Waals surface area (Å²) in [6.45, 7) is 1.77. The van der Waals surface area contributed by atoms with Gasteiger partial charge in [0.25, 0.3) is 5.91 Å². The van der Waals surface area contributed by atoms with Gasteiger partial charge in [-0.1, -0.05) is 24.3 Å². The van der Waals surface area contributed by atoms with Gasteiger partial charge < -0.3 is 19.5 Å². The second kappa shape index (κ2) is 7.46. The first-order valence-electron chi connectivity index (χ1n) is 9.26. The van der Waals surface area contributed by atoms with Gasteiger partial charge in [0.15, 0.2) is 11.5 Å². The summed E-state index contributed by atoms with van der Waals surface area (Å²) in [5.41, 5.74) is 0.0303. The van der Waals surface area contributed by atoms with Crippen molar-refractivity contribution in [1.82, 2.24) is 10.6 Å². The van der Waals surface area contributed by atoms with Crippen LogP contribution in [0.25, 0.3) is 0 Å². The van der Waals surface area contributed by atoms with Gasteiger partial charge in [-0.3, -0.25) is 10.1 Å². The van der Waals surface area contributed by atoms with Gasteiger partial charge in [0, 0.05) is 0 Å². The number of ether oxygens (including phenoxy) is 3. The van der Waals surface area contributed by atoms with E-state index in [2.05, 4.69) is 10.6 Å². The van der Waals surface area contributed by atoms with Crippen LogP contribution in [0.3, 0.4) is 0 Å². The second-order valence-corrected chi connectivity index (χ2v) is 7.17. The minimum Gasteiger partial charge on any atom is -0.485 e. The predicted octanol–water partition coefficient (Wildman–Crippen LogP) is 1.96. The van der Waals surface area contributed by atoms with Gasteiger partial charge in [0.05, 0.1) is 0 Å². The molecule has 0 saturated carbocycles. The number of hydrogen-bond donors (Lipinski definition) is 2. The van der Waals surface area contributed by atoms with Gasteiger partial charge in [-0.05, 0) is 49.6 Å². The first kappa shape index (κ1) is 18.8. The van der Waals surface area contributed by atoms with Crippen LogP contribution >= 0.6 is 0 Å². The normalized spacial score (nSPS) is 22.6. The Morgan fingerprint density at radius 1 is 1.14 bits per heavy atom. The van der Waals surface area contributed by atoms with Gasteiger partial charge in [0.1, 0.15) is 17.9 Å². The topological polar surface area (TPSA) is 103 Å². The van der Waals surface area contributed by atoms with Crippen LogP contribution in [0.1, 0.15) is 18.9 Å². The molecule has 8 heteroatoms. The fourth-order valence-corrected chi connectivity index (χ4v) is 3.19. The summed E-state index contributed by atoms with van der Waals surface area (Å²) in [5.74, 6) is 0.628. The lowest BCUT2D eigenvalue weighted by Crippen LogP contribution is -2.43. The van der Waals surface area contributed by atoms with Crippen molar-refractivity contribution in [3.8, 4) is 17.2 Å². The molecule has 0 radical (unpaired) electrons. The molecule has 4 rings (SSSR count). The molecule has 0 aliphatic carbocycles. The summed E-state index contributed by atoms with van der Waals surface area (Å²) in [6, 6.07) is 13.7. The Morgan fingerprint density at radius 3 is 2.55 bits per heavy atom. The van der Waals surface area contributed by atoms with E-state index in [9.17, 15) is 14.4 Å². The van der Waals surface area contributed by atoms with E-state index >= 15 is 0 Å². The SMILES string of the molecule is C[C@@]1(CCc2ccc(OC(=O)[C@H]3COc4ccccc4O3)cc2)NC(=O)NC1=O. The van der Waals surface area contributed by atoms with Crippen molar-refractivity contribution in [2.45, 2.75) is 31.4 Å². The number of carbonyl (C=O) groups excluding carboxylic acids is 3. The average molecular weight is 396 g/mol. The highest BCUT2D eigenvalue weighted by Gasteiger charge is 2.41. The zero-order valence-electron chi connectivity index (χ0n) is 15.8. The van der Waals surface area contributed by atoms with Crippen molar-refractivity contribution in [3.05, 3.63) is 54.1 Å². The quantitative estimate of drug-likeness (QED) is 0.455. The van der Waals surface area contributed by atoms with E-state index in [0.29, 0.717) is 30.1 Å². The number of amides is 3. The number of hydrogen-bond acceptors (Lipinski definition) is 6. The highest BCUT2D eigenvalue weighted by atomic mass is 16.6. The number of imide groups is 1. The Morgan fingerprint density at radius 2 is 1.86 bits per heavy atom. The summed E-state index contributed by atoms with van der Waals surface area (Å²) < 4.78 is 16.6. The summed E-state index contributed by atoms with van der Waals surface area (Å²) in [5, 5.41) is 4.88. The van der Waals surface area contributed by atoms with E-state index in [-0.39, 0.29) is 12.5 Å². The maximum Gasteiger partial charge on any atom is 0.356 e. The molecule has 2 aliphatic rings. The van der Waals surface area contributed by atoms with E-state index in [4.69, 9.17) is 14.2 Å².